The van der Waals surface area contributed by atoms with Crippen LogP contribution in [0, 0.1) is 0 Å². The highest BCUT2D eigenvalue weighted by molar-refractivity contribution is 5.36. The van der Waals surface area contributed by atoms with Crippen LogP contribution in [0.4, 0.5) is 11.8 Å². The Hall–Kier alpha value is -2.15. The maximum atomic E-state index is 4.50. The Kier molecular flexibility index (Phi) is 4.76. The van der Waals surface area contributed by atoms with Crippen LogP contribution < -0.4 is 9.80 Å². The van der Waals surface area contributed by atoms with Crippen molar-refractivity contribution in [3.63, 3.8) is 0 Å². The number of nitrogens with zero attached hydrogens (tertiary/aromatic N) is 7. The predicted octanol–water partition coefficient (Wildman–Crippen LogP) is 0.988. The fourth-order valence-corrected chi connectivity index (χ4v) is 3.05. The summed E-state index contributed by atoms with van der Waals surface area (Å²) in [4.78, 5) is 11.4. The molecule has 0 N–H and O–H groups in total. The van der Waals surface area contributed by atoms with E-state index in [0.29, 0.717) is 0 Å². The van der Waals surface area contributed by atoms with Crippen LogP contribution in [0.2, 0.25) is 0 Å². The van der Waals surface area contributed by atoms with E-state index in [-0.39, 0.29) is 0 Å². The molecule has 1 saturated heterocycles. The number of imidazole rings is 1. The number of anilines is 2. The summed E-state index contributed by atoms with van der Waals surface area (Å²) in [6, 6.07) is 3.98. The van der Waals surface area contributed by atoms with Gasteiger partial charge >= 0.3 is 0 Å². The van der Waals surface area contributed by atoms with Gasteiger partial charge in [0.1, 0.15) is 0 Å². The van der Waals surface area contributed by atoms with Crippen LogP contribution in [0.15, 0.2) is 24.5 Å². The summed E-state index contributed by atoms with van der Waals surface area (Å²) < 4.78 is 2.17. The maximum Gasteiger partial charge on any atom is 0.204 e. The maximum absolute atomic E-state index is 4.50. The van der Waals surface area contributed by atoms with Gasteiger partial charge in [0.2, 0.25) is 5.95 Å². The summed E-state index contributed by atoms with van der Waals surface area (Å²) in [5.41, 5.74) is 1.25. The standard InChI is InChI=1S/C16H25N7/c1-20(2)16-17-12-14(21(16)3)13-22-8-5-9-23(11-10-22)15-6-4-7-18-19-15/h4,6-7,12H,5,8-11,13H2,1-3H3. The molecule has 2 aromatic heterocycles. The normalized spacial score (nSPS) is 16.4. The zero-order valence-corrected chi connectivity index (χ0v) is 14.2. The van der Waals surface area contributed by atoms with Gasteiger partial charge in [0.15, 0.2) is 5.82 Å². The molecule has 0 spiro atoms. The first kappa shape index (κ1) is 15.7. The largest absolute Gasteiger partial charge is 0.354 e. The van der Waals surface area contributed by atoms with E-state index in [2.05, 4.69) is 36.6 Å². The highest BCUT2D eigenvalue weighted by Crippen LogP contribution is 2.16. The van der Waals surface area contributed by atoms with Crippen LogP contribution in [0.25, 0.3) is 0 Å². The monoisotopic (exact) mass is 315 g/mol. The van der Waals surface area contributed by atoms with Crippen molar-refractivity contribution in [3.05, 3.63) is 30.2 Å². The second-order valence-electron chi connectivity index (χ2n) is 6.20. The summed E-state index contributed by atoms with van der Waals surface area (Å²) in [5.74, 6) is 1.97. The van der Waals surface area contributed by atoms with Crippen molar-refractivity contribution in [1.29, 1.82) is 0 Å². The molecule has 124 valence electrons. The van der Waals surface area contributed by atoms with Gasteiger partial charge in [-0.05, 0) is 18.6 Å². The van der Waals surface area contributed by atoms with Crippen molar-refractivity contribution in [2.24, 2.45) is 7.05 Å². The molecule has 1 fully saturated rings. The molecule has 1 aliphatic rings. The summed E-state index contributed by atoms with van der Waals surface area (Å²) in [5, 5.41) is 8.21. The lowest BCUT2D eigenvalue weighted by Gasteiger charge is -2.22. The predicted molar refractivity (Wildman–Crippen MR) is 91.7 cm³/mol. The van der Waals surface area contributed by atoms with Gasteiger partial charge in [0.05, 0.1) is 11.9 Å². The molecule has 7 nitrogen and oxygen atoms in total. The lowest BCUT2D eigenvalue weighted by atomic mass is 10.3. The summed E-state index contributed by atoms with van der Waals surface area (Å²) in [6.07, 6.45) is 4.84. The fourth-order valence-electron chi connectivity index (χ4n) is 3.05. The molecule has 0 saturated carbocycles. The average Bonchev–Trinajstić information content (AvgIpc) is 2.77. The summed E-state index contributed by atoms with van der Waals surface area (Å²) >= 11 is 0. The van der Waals surface area contributed by atoms with Gasteiger partial charge in [-0.15, -0.1) is 5.10 Å². The molecule has 3 heterocycles. The molecule has 0 aliphatic carbocycles. The minimum atomic E-state index is 0.936. The Morgan fingerprint density at radius 2 is 2.04 bits per heavy atom. The number of hydrogen-bond acceptors (Lipinski definition) is 6. The molecule has 1 aliphatic heterocycles. The minimum Gasteiger partial charge on any atom is -0.354 e. The molecule has 0 atom stereocenters. The van der Waals surface area contributed by atoms with Gasteiger partial charge in [-0.1, -0.05) is 0 Å². The molecule has 0 radical (unpaired) electrons. The molecule has 0 unspecified atom stereocenters. The highest BCUT2D eigenvalue weighted by Gasteiger charge is 2.18. The Balaban J connectivity index is 1.62. The molecule has 0 aromatic carbocycles. The Bertz CT molecular complexity index is 623. The zero-order chi connectivity index (χ0) is 16.2. The van der Waals surface area contributed by atoms with E-state index in [1.807, 2.05) is 37.3 Å². The highest BCUT2D eigenvalue weighted by atomic mass is 15.3. The first-order chi connectivity index (χ1) is 11.1. The molecule has 2 aromatic rings. The Labute approximate surface area is 137 Å². The van der Waals surface area contributed by atoms with Crippen LogP contribution in [-0.4, -0.2) is 64.9 Å². The van der Waals surface area contributed by atoms with Crippen molar-refractivity contribution in [2.75, 3.05) is 50.1 Å². The van der Waals surface area contributed by atoms with E-state index >= 15 is 0 Å². The molecule has 0 bridgehead atoms. The van der Waals surface area contributed by atoms with Gasteiger partial charge in [0, 0.05) is 60.1 Å². The van der Waals surface area contributed by atoms with E-state index in [9.17, 15) is 0 Å². The fraction of sp³-hybridized carbons (Fsp3) is 0.562. The van der Waals surface area contributed by atoms with E-state index in [0.717, 1.165) is 50.9 Å². The topological polar surface area (TPSA) is 53.3 Å². The first-order valence-corrected chi connectivity index (χ1v) is 8.08. The van der Waals surface area contributed by atoms with Crippen molar-refractivity contribution in [2.45, 2.75) is 13.0 Å². The molecular weight excluding hydrogens is 290 g/mol. The second-order valence-corrected chi connectivity index (χ2v) is 6.20. The zero-order valence-electron chi connectivity index (χ0n) is 14.2. The number of aromatic nitrogens is 4. The second kappa shape index (κ2) is 6.95. The average molecular weight is 315 g/mol. The third kappa shape index (κ3) is 3.61. The molecule has 3 rings (SSSR count). The molecular formula is C16H25N7. The van der Waals surface area contributed by atoms with Crippen molar-refractivity contribution < 1.29 is 0 Å². The van der Waals surface area contributed by atoms with Gasteiger partial charge in [-0.2, -0.15) is 5.10 Å². The van der Waals surface area contributed by atoms with Crippen LogP contribution in [0.1, 0.15) is 12.1 Å². The lowest BCUT2D eigenvalue weighted by Crippen LogP contribution is -2.31. The Morgan fingerprint density at radius 1 is 1.17 bits per heavy atom. The summed E-state index contributed by atoms with van der Waals surface area (Å²) in [7, 11) is 6.13. The first-order valence-electron chi connectivity index (χ1n) is 8.08. The van der Waals surface area contributed by atoms with E-state index < -0.39 is 0 Å². The third-order valence-corrected chi connectivity index (χ3v) is 4.32. The van der Waals surface area contributed by atoms with Gasteiger partial charge in [-0.25, -0.2) is 4.98 Å². The van der Waals surface area contributed by atoms with Gasteiger partial charge in [0.25, 0.3) is 0 Å². The van der Waals surface area contributed by atoms with Crippen LogP contribution in [0.5, 0.6) is 0 Å². The SMILES string of the molecule is CN(C)c1ncc(CN2CCCN(c3cccnn3)CC2)n1C. The van der Waals surface area contributed by atoms with E-state index in [1.54, 1.807) is 6.20 Å². The van der Waals surface area contributed by atoms with E-state index in [1.165, 1.54) is 5.69 Å². The van der Waals surface area contributed by atoms with Crippen molar-refractivity contribution in [1.82, 2.24) is 24.6 Å². The number of hydrogen-bond donors (Lipinski definition) is 0. The van der Waals surface area contributed by atoms with E-state index in [4.69, 9.17) is 0 Å². The Morgan fingerprint density at radius 3 is 2.74 bits per heavy atom. The third-order valence-electron chi connectivity index (χ3n) is 4.32. The van der Waals surface area contributed by atoms with Crippen molar-refractivity contribution in [3.8, 4) is 0 Å². The minimum absolute atomic E-state index is 0.936. The number of rotatable bonds is 4. The lowest BCUT2D eigenvalue weighted by molar-refractivity contribution is 0.279. The molecule has 7 heteroatoms. The molecule has 0 amide bonds. The summed E-state index contributed by atoms with van der Waals surface area (Å²) in [6.45, 7) is 5.07. The quantitative estimate of drug-likeness (QED) is 0.839. The smallest absolute Gasteiger partial charge is 0.204 e. The van der Waals surface area contributed by atoms with Crippen LogP contribution >= 0.6 is 0 Å². The molecule has 23 heavy (non-hydrogen) atoms. The van der Waals surface area contributed by atoms with Crippen molar-refractivity contribution >= 4 is 11.8 Å². The van der Waals surface area contributed by atoms with Crippen LogP contribution in [-0.2, 0) is 13.6 Å². The van der Waals surface area contributed by atoms with Gasteiger partial charge in [-0.3, -0.25) is 4.90 Å². The van der Waals surface area contributed by atoms with Gasteiger partial charge < -0.3 is 14.4 Å². The van der Waals surface area contributed by atoms with Crippen LogP contribution in [0.3, 0.4) is 0 Å².